The van der Waals surface area contributed by atoms with Crippen LogP contribution in [0.2, 0.25) is 5.02 Å². The van der Waals surface area contributed by atoms with Gasteiger partial charge < -0.3 is 10.2 Å². The molecule has 0 bridgehead atoms. The van der Waals surface area contributed by atoms with Crippen LogP contribution in [-0.4, -0.2) is 20.0 Å². The maximum atomic E-state index is 12.4. The summed E-state index contributed by atoms with van der Waals surface area (Å²) in [6.07, 6.45) is 0. The van der Waals surface area contributed by atoms with E-state index in [0.29, 0.717) is 16.3 Å². The number of anilines is 2. The Bertz CT molecular complexity index is 669. The lowest BCUT2D eigenvalue weighted by Gasteiger charge is -2.19. The van der Waals surface area contributed by atoms with E-state index in [1.807, 2.05) is 37.2 Å². The van der Waals surface area contributed by atoms with Crippen LogP contribution < -0.4 is 10.2 Å². The predicted octanol–water partition coefficient (Wildman–Crippen LogP) is 5.18. The van der Waals surface area contributed by atoms with Crippen molar-refractivity contribution in [3.63, 3.8) is 0 Å². The second-order valence-corrected chi connectivity index (χ2v) is 6.88. The molecule has 0 aliphatic heterocycles. The SMILES string of the molecule is CN(C)c1c(Cl)cccc1NC(=O)c1cc(Br)cc(Br)c1. The van der Waals surface area contributed by atoms with Crippen molar-refractivity contribution in [2.75, 3.05) is 24.3 Å². The minimum Gasteiger partial charge on any atom is -0.375 e. The first-order valence-corrected chi connectivity index (χ1v) is 8.08. The lowest BCUT2D eigenvalue weighted by atomic mass is 10.2. The molecule has 0 aliphatic rings. The van der Waals surface area contributed by atoms with Gasteiger partial charge in [0.05, 0.1) is 16.4 Å². The highest BCUT2D eigenvalue weighted by atomic mass is 79.9. The molecule has 1 amide bonds. The van der Waals surface area contributed by atoms with E-state index < -0.39 is 0 Å². The first-order chi connectivity index (χ1) is 9.88. The minimum absolute atomic E-state index is 0.192. The number of hydrogen-bond donors (Lipinski definition) is 1. The van der Waals surface area contributed by atoms with Gasteiger partial charge in [-0.2, -0.15) is 0 Å². The zero-order valence-corrected chi connectivity index (χ0v) is 15.4. The van der Waals surface area contributed by atoms with E-state index >= 15 is 0 Å². The number of nitrogens with one attached hydrogen (secondary N) is 1. The Hall–Kier alpha value is -1.04. The molecule has 0 heterocycles. The van der Waals surface area contributed by atoms with E-state index in [-0.39, 0.29) is 5.91 Å². The molecule has 0 saturated heterocycles. The Labute approximate surface area is 145 Å². The summed E-state index contributed by atoms with van der Waals surface area (Å²) in [7, 11) is 3.76. The van der Waals surface area contributed by atoms with Crippen LogP contribution in [0.5, 0.6) is 0 Å². The van der Waals surface area contributed by atoms with Crippen LogP contribution in [0.1, 0.15) is 10.4 Å². The number of halogens is 3. The van der Waals surface area contributed by atoms with Gasteiger partial charge in [-0.25, -0.2) is 0 Å². The zero-order valence-electron chi connectivity index (χ0n) is 11.5. The fraction of sp³-hybridized carbons (Fsp3) is 0.133. The molecule has 1 N–H and O–H groups in total. The molecular formula is C15H13Br2ClN2O. The number of benzene rings is 2. The second-order valence-electron chi connectivity index (χ2n) is 4.64. The summed E-state index contributed by atoms with van der Waals surface area (Å²) >= 11 is 12.9. The molecule has 110 valence electrons. The molecule has 0 radical (unpaired) electrons. The number of carbonyl (C=O) groups is 1. The smallest absolute Gasteiger partial charge is 0.255 e. The third kappa shape index (κ3) is 3.99. The highest BCUT2D eigenvalue weighted by molar-refractivity contribution is 9.11. The maximum absolute atomic E-state index is 12.4. The molecule has 2 rings (SSSR count). The number of rotatable bonds is 3. The van der Waals surface area contributed by atoms with Crippen molar-refractivity contribution in [3.05, 3.63) is 55.9 Å². The van der Waals surface area contributed by atoms with Crippen molar-refractivity contribution in [1.29, 1.82) is 0 Å². The van der Waals surface area contributed by atoms with E-state index in [4.69, 9.17) is 11.6 Å². The van der Waals surface area contributed by atoms with Gasteiger partial charge in [-0.15, -0.1) is 0 Å². The predicted molar refractivity (Wildman–Crippen MR) is 95.6 cm³/mol. The van der Waals surface area contributed by atoms with Crippen LogP contribution in [0.3, 0.4) is 0 Å². The lowest BCUT2D eigenvalue weighted by molar-refractivity contribution is 0.102. The largest absolute Gasteiger partial charge is 0.375 e. The topological polar surface area (TPSA) is 32.3 Å². The van der Waals surface area contributed by atoms with Gasteiger partial charge in [-0.1, -0.05) is 49.5 Å². The first kappa shape index (κ1) is 16.3. The van der Waals surface area contributed by atoms with Gasteiger partial charge in [-0.05, 0) is 30.3 Å². The van der Waals surface area contributed by atoms with E-state index in [2.05, 4.69) is 37.2 Å². The average molecular weight is 433 g/mol. The van der Waals surface area contributed by atoms with Gasteiger partial charge in [-0.3, -0.25) is 4.79 Å². The van der Waals surface area contributed by atoms with Crippen molar-refractivity contribution in [2.24, 2.45) is 0 Å². The molecule has 2 aromatic carbocycles. The molecule has 6 heteroatoms. The van der Waals surface area contributed by atoms with Crippen molar-refractivity contribution >= 4 is 60.7 Å². The number of amides is 1. The second kappa shape index (κ2) is 6.81. The average Bonchev–Trinajstić information content (AvgIpc) is 2.37. The molecule has 0 spiro atoms. The zero-order chi connectivity index (χ0) is 15.6. The van der Waals surface area contributed by atoms with E-state index in [1.165, 1.54) is 0 Å². The summed E-state index contributed by atoms with van der Waals surface area (Å²) in [6, 6.07) is 10.8. The Balaban J connectivity index is 2.34. The Kier molecular flexibility index (Phi) is 5.30. The molecule has 0 fully saturated rings. The van der Waals surface area contributed by atoms with Crippen LogP contribution in [0.25, 0.3) is 0 Å². The fourth-order valence-corrected chi connectivity index (χ4v) is 3.59. The van der Waals surface area contributed by atoms with Gasteiger partial charge in [0, 0.05) is 28.6 Å². The third-order valence-corrected chi connectivity index (χ3v) is 4.03. The van der Waals surface area contributed by atoms with Gasteiger partial charge in [0.1, 0.15) is 0 Å². The summed E-state index contributed by atoms with van der Waals surface area (Å²) < 4.78 is 1.67. The molecule has 0 unspecified atom stereocenters. The molecule has 21 heavy (non-hydrogen) atoms. The minimum atomic E-state index is -0.192. The molecule has 0 aromatic heterocycles. The normalized spacial score (nSPS) is 10.3. The number of nitrogens with zero attached hydrogens (tertiary/aromatic N) is 1. The highest BCUT2D eigenvalue weighted by Crippen LogP contribution is 2.33. The van der Waals surface area contributed by atoms with Gasteiger partial charge in [0.25, 0.3) is 5.91 Å². The molecular weight excluding hydrogens is 419 g/mol. The van der Waals surface area contributed by atoms with Gasteiger partial charge >= 0.3 is 0 Å². The van der Waals surface area contributed by atoms with Crippen LogP contribution in [0.15, 0.2) is 45.3 Å². The van der Waals surface area contributed by atoms with Gasteiger partial charge in [0.2, 0.25) is 0 Å². The molecule has 0 aliphatic carbocycles. The monoisotopic (exact) mass is 430 g/mol. The summed E-state index contributed by atoms with van der Waals surface area (Å²) in [6.45, 7) is 0. The van der Waals surface area contributed by atoms with E-state index in [0.717, 1.165) is 14.6 Å². The standard InChI is InChI=1S/C15H13Br2ClN2O/c1-20(2)14-12(18)4-3-5-13(14)19-15(21)9-6-10(16)8-11(17)7-9/h3-8H,1-2H3,(H,19,21). The Morgan fingerprint density at radius 3 is 2.33 bits per heavy atom. The summed E-state index contributed by atoms with van der Waals surface area (Å²) in [5, 5.41) is 3.49. The van der Waals surface area contributed by atoms with E-state index in [1.54, 1.807) is 18.2 Å². The van der Waals surface area contributed by atoms with Crippen LogP contribution in [0.4, 0.5) is 11.4 Å². The summed E-state index contributed by atoms with van der Waals surface area (Å²) in [5.41, 5.74) is 2.01. The third-order valence-electron chi connectivity index (χ3n) is 2.81. The van der Waals surface area contributed by atoms with Crippen molar-refractivity contribution < 1.29 is 4.79 Å². The summed E-state index contributed by atoms with van der Waals surface area (Å²) in [5.74, 6) is -0.192. The number of carbonyl (C=O) groups excluding carboxylic acids is 1. The van der Waals surface area contributed by atoms with Crippen LogP contribution >= 0.6 is 43.5 Å². The molecule has 2 aromatic rings. The van der Waals surface area contributed by atoms with Crippen LogP contribution in [0, 0.1) is 0 Å². The Morgan fingerprint density at radius 2 is 1.76 bits per heavy atom. The fourth-order valence-electron chi connectivity index (χ4n) is 1.95. The van der Waals surface area contributed by atoms with Crippen molar-refractivity contribution in [2.45, 2.75) is 0 Å². The lowest BCUT2D eigenvalue weighted by Crippen LogP contribution is -2.17. The maximum Gasteiger partial charge on any atom is 0.255 e. The van der Waals surface area contributed by atoms with Crippen molar-refractivity contribution in [1.82, 2.24) is 0 Å². The highest BCUT2D eigenvalue weighted by Gasteiger charge is 2.13. The van der Waals surface area contributed by atoms with E-state index in [9.17, 15) is 4.79 Å². The number of para-hydroxylation sites is 1. The molecule has 0 saturated carbocycles. The van der Waals surface area contributed by atoms with Crippen molar-refractivity contribution in [3.8, 4) is 0 Å². The Morgan fingerprint density at radius 1 is 1.14 bits per heavy atom. The first-order valence-electron chi connectivity index (χ1n) is 6.12. The molecule has 0 atom stereocenters. The van der Waals surface area contributed by atoms with Crippen LogP contribution in [-0.2, 0) is 0 Å². The quantitative estimate of drug-likeness (QED) is 0.725. The van der Waals surface area contributed by atoms with Gasteiger partial charge in [0.15, 0.2) is 0 Å². The molecule has 3 nitrogen and oxygen atoms in total. The summed E-state index contributed by atoms with van der Waals surface area (Å²) in [4.78, 5) is 14.3. The number of hydrogen-bond acceptors (Lipinski definition) is 2.